The summed E-state index contributed by atoms with van der Waals surface area (Å²) in [5, 5.41) is 8.74. The third-order valence-corrected chi connectivity index (χ3v) is 4.19. The van der Waals surface area contributed by atoms with Crippen LogP contribution in [0.25, 0.3) is 0 Å². The third kappa shape index (κ3) is 4.25. The van der Waals surface area contributed by atoms with Gasteiger partial charge in [0.25, 0.3) is 0 Å². The molecule has 0 saturated carbocycles. The molecule has 0 aliphatic rings. The maximum Gasteiger partial charge on any atom is 0.451 e. The van der Waals surface area contributed by atoms with Gasteiger partial charge in [0.2, 0.25) is 11.7 Å². The van der Waals surface area contributed by atoms with Gasteiger partial charge in [0.05, 0.1) is 5.25 Å². The number of amides is 1. The highest BCUT2D eigenvalue weighted by molar-refractivity contribution is 8.00. The SMILES string of the molecule is Cc1ccc(NC(=O)[C@H](C)Sc2nnc(C(F)(F)F)n2C)cc1. The van der Waals surface area contributed by atoms with Crippen molar-refractivity contribution in [2.75, 3.05) is 5.32 Å². The molecule has 1 amide bonds. The number of nitrogens with zero attached hydrogens (tertiary/aromatic N) is 3. The Morgan fingerprint density at radius 3 is 2.39 bits per heavy atom. The molecule has 2 rings (SSSR count). The average Bonchev–Trinajstić information content (AvgIpc) is 2.82. The molecule has 1 heterocycles. The van der Waals surface area contributed by atoms with Crippen LogP contribution in [0.15, 0.2) is 29.4 Å². The number of aromatic nitrogens is 3. The van der Waals surface area contributed by atoms with Crippen LogP contribution in [0.5, 0.6) is 0 Å². The van der Waals surface area contributed by atoms with Gasteiger partial charge < -0.3 is 9.88 Å². The number of thioether (sulfide) groups is 1. The lowest BCUT2D eigenvalue weighted by Crippen LogP contribution is -2.23. The Balaban J connectivity index is 2.04. The Labute approximate surface area is 135 Å². The molecule has 23 heavy (non-hydrogen) atoms. The van der Waals surface area contributed by atoms with Crippen molar-refractivity contribution in [1.29, 1.82) is 0 Å². The number of nitrogens with one attached hydrogen (secondary N) is 1. The lowest BCUT2D eigenvalue weighted by Gasteiger charge is -2.12. The first-order valence-electron chi connectivity index (χ1n) is 6.69. The molecule has 1 aromatic carbocycles. The second-order valence-electron chi connectivity index (χ2n) is 4.98. The first kappa shape index (κ1) is 17.3. The normalized spacial score (nSPS) is 13.0. The first-order chi connectivity index (χ1) is 10.7. The number of hydrogen-bond acceptors (Lipinski definition) is 4. The molecule has 0 aliphatic carbocycles. The number of anilines is 1. The second kappa shape index (κ2) is 6.61. The van der Waals surface area contributed by atoms with Gasteiger partial charge in [0.1, 0.15) is 0 Å². The van der Waals surface area contributed by atoms with Gasteiger partial charge in [-0.25, -0.2) is 0 Å². The molecule has 0 fully saturated rings. The smallest absolute Gasteiger partial charge is 0.325 e. The van der Waals surface area contributed by atoms with E-state index in [4.69, 9.17) is 0 Å². The minimum Gasteiger partial charge on any atom is -0.325 e. The predicted octanol–water partition coefficient (Wildman–Crippen LogP) is 3.26. The Morgan fingerprint density at radius 1 is 1.26 bits per heavy atom. The number of benzene rings is 1. The van der Waals surface area contributed by atoms with Crippen LogP contribution in [0, 0.1) is 6.92 Å². The molecule has 0 unspecified atom stereocenters. The lowest BCUT2D eigenvalue weighted by atomic mass is 10.2. The van der Waals surface area contributed by atoms with E-state index in [0.717, 1.165) is 21.9 Å². The molecule has 0 aliphatic heterocycles. The monoisotopic (exact) mass is 344 g/mol. The zero-order valence-electron chi connectivity index (χ0n) is 12.7. The fourth-order valence-electron chi connectivity index (χ4n) is 1.76. The van der Waals surface area contributed by atoms with Crippen LogP contribution in [-0.4, -0.2) is 25.9 Å². The molecule has 2 aromatic rings. The van der Waals surface area contributed by atoms with Crippen LogP contribution in [0.4, 0.5) is 18.9 Å². The molecule has 1 atom stereocenters. The lowest BCUT2D eigenvalue weighted by molar-refractivity contribution is -0.147. The molecular weight excluding hydrogens is 329 g/mol. The highest BCUT2D eigenvalue weighted by Gasteiger charge is 2.37. The van der Waals surface area contributed by atoms with E-state index in [9.17, 15) is 18.0 Å². The maximum atomic E-state index is 12.7. The molecular formula is C14H15F3N4OS. The van der Waals surface area contributed by atoms with E-state index in [0.29, 0.717) is 5.69 Å². The van der Waals surface area contributed by atoms with Crippen LogP contribution in [0.3, 0.4) is 0 Å². The van der Waals surface area contributed by atoms with Crippen molar-refractivity contribution in [3.8, 4) is 0 Å². The number of hydrogen-bond donors (Lipinski definition) is 1. The number of alkyl halides is 3. The van der Waals surface area contributed by atoms with Crippen LogP contribution in [0.2, 0.25) is 0 Å². The Bertz CT molecular complexity index is 697. The number of carbonyl (C=O) groups is 1. The summed E-state index contributed by atoms with van der Waals surface area (Å²) in [6, 6.07) is 7.22. The summed E-state index contributed by atoms with van der Waals surface area (Å²) in [6.45, 7) is 3.52. The zero-order valence-corrected chi connectivity index (χ0v) is 13.5. The summed E-state index contributed by atoms with van der Waals surface area (Å²) in [4.78, 5) is 12.1. The van der Waals surface area contributed by atoms with Crippen molar-refractivity contribution >= 4 is 23.4 Å². The minimum absolute atomic E-state index is 0.0314. The van der Waals surface area contributed by atoms with Gasteiger partial charge in [-0.15, -0.1) is 10.2 Å². The summed E-state index contributed by atoms with van der Waals surface area (Å²) in [7, 11) is 1.22. The topological polar surface area (TPSA) is 59.8 Å². The molecule has 0 bridgehead atoms. The number of aryl methyl sites for hydroxylation is 1. The number of halogens is 3. The molecule has 5 nitrogen and oxygen atoms in total. The van der Waals surface area contributed by atoms with Gasteiger partial charge in [-0.3, -0.25) is 4.79 Å². The van der Waals surface area contributed by atoms with E-state index in [2.05, 4.69) is 15.5 Å². The Morgan fingerprint density at radius 2 is 1.87 bits per heavy atom. The molecule has 0 spiro atoms. The standard InChI is InChI=1S/C14H15F3N4OS/c1-8-4-6-10(7-5-8)18-11(22)9(2)23-13-20-19-12(21(13)3)14(15,16)17/h4-7,9H,1-3H3,(H,18,22)/t9-/m0/s1. The summed E-state index contributed by atoms with van der Waals surface area (Å²) < 4.78 is 38.8. The predicted molar refractivity (Wildman–Crippen MR) is 81.1 cm³/mol. The molecule has 0 radical (unpaired) electrons. The van der Waals surface area contributed by atoms with Crippen LogP contribution in [-0.2, 0) is 18.0 Å². The van der Waals surface area contributed by atoms with E-state index in [1.54, 1.807) is 19.1 Å². The van der Waals surface area contributed by atoms with Crippen molar-refractivity contribution in [3.63, 3.8) is 0 Å². The van der Waals surface area contributed by atoms with Gasteiger partial charge in [0.15, 0.2) is 5.16 Å². The first-order valence-corrected chi connectivity index (χ1v) is 7.57. The minimum atomic E-state index is -4.58. The number of rotatable bonds is 4. The summed E-state index contributed by atoms with van der Waals surface area (Å²) in [6.07, 6.45) is -4.58. The van der Waals surface area contributed by atoms with Gasteiger partial charge in [-0.1, -0.05) is 29.5 Å². The van der Waals surface area contributed by atoms with Gasteiger partial charge in [-0.05, 0) is 26.0 Å². The van der Waals surface area contributed by atoms with Crippen LogP contribution >= 0.6 is 11.8 Å². The fraction of sp³-hybridized carbons (Fsp3) is 0.357. The Hall–Kier alpha value is -2.03. The van der Waals surface area contributed by atoms with Gasteiger partial charge in [0, 0.05) is 12.7 Å². The Kier molecular flexibility index (Phi) is 4.98. The van der Waals surface area contributed by atoms with Crippen molar-refractivity contribution in [3.05, 3.63) is 35.7 Å². The summed E-state index contributed by atoms with van der Waals surface area (Å²) in [5.41, 5.74) is 1.69. The van der Waals surface area contributed by atoms with Gasteiger partial charge >= 0.3 is 6.18 Å². The molecule has 1 N–H and O–H groups in total. The summed E-state index contributed by atoms with van der Waals surface area (Å²) >= 11 is 0.915. The maximum absolute atomic E-state index is 12.7. The van der Waals surface area contributed by atoms with Crippen molar-refractivity contribution in [2.45, 2.75) is 30.4 Å². The van der Waals surface area contributed by atoms with Gasteiger partial charge in [-0.2, -0.15) is 13.2 Å². The van der Waals surface area contributed by atoms with E-state index >= 15 is 0 Å². The molecule has 124 valence electrons. The van der Waals surface area contributed by atoms with Crippen LogP contribution in [0.1, 0.15) is 18.3 Å². The van der Waals surface area contributed by atoms with Crippen molar-refractivity contribution < 1.29 is 18.0 Å². The van der Waals surface area contributed by atoms with Crippen molar-refractivity contribution in [1.82, 2.24) is 14.8 Å². The van der Waals surface area contributed by atoms with Crippen LogP contribution < -0.4 is 5.32 Å². The quantitative estimate of drug-likeness (QED) is 0.865. The third-order valence-electron chi connectivity index (χ3n) is 3.06. The second-order valence-corrected chi connectivity index (χ2v) is 6.29. The van der Waals surface area contributed by atoms with E-state index in [1.807, 2.05) is 19.1 Å². The molecule has 1 aromatic heterocycles. The molecule has 0 saturated heterocycles. The van der Waals surface area contributed by atoms with E-state index < -0.39 is 17.3 Å². The largest absolute Gasteiger partial charge is 0.451 e. The number of carbonyl (C=O) groups excluding carboxylic acids is 1. The molecule has 9 heteroatoms. The summed E-state index contributed by atoms with van der Waals surface area (Å²) in [5.74, 6) is -1.42. The average molecular weight is 344 g/mol. The highest BCUT2D eigenvalue weighted by atomic mass is 32.2. The fourth-order valence-corrected chi connectivity index (χ4v) is 2.57. The zero-order chi connectivity index (χ0) is 17.2. The highest BCUT2D eigenvalue weighted by Crippen LogP contribution is 2.30. The van der Waals surface area contributed by atoms with E-state index in [1.165, 1.54) is 7.05 Å². The van der Waals surface area contributed by atoms with Crippen molar-refractivity contribution in [2.24, 2.45) is 7.05 Å². The van der Waals surface area contributed by atoms with E-state index in [-0.39, 0.29) is 11.1 Å².